The molecule has 122 valence electrons. The summed E-state index contributed by atoms with van der Waals surface area (Å²) in [5.74, 6) is -0.164. The fourth-order valence-electron chi connectivity index (χ4n) is 3.39. The quantitative estimate of drug-likeness (QED) is 0.912. The zero-order valence-corrected chi connectivity index (χ0v) is 13.3. The highest BCUT2D eigenvalue weighted by atomic mass is 19.1. The highest BCUT2D eigenvalue weighted by Crippen LogP contribution is 2.24. The molecule has 1 N–H and O–H groups in total. The fraction of sp³-hybridized carbons (Fsp3) is 0.647. The van der Waals surface area contributed by atoms with Crippen molar-refractivity contribution in [3.8, 4) is 0 Å². The number of nitrogens with zero attached hydrogens (tertiary/aromatic N) is 2. The van der Waals surface area contributed by atoms with E-state index in [1.54, 1.807) is 12.1 Å². The van der Waals surface area contributed by atoms with Crippen LogP contribution in [0.5, 0.6) is 0 Å². The molecule has 1 aromatic carbocycles. The Balaban J connectivity index is 1.75. The minimum absolute atomic E-state index is 0.164. The number of hydrogen-bond acceptors (Lipinski definition) is 4. The van der Waals surface area contributed by atoms with Gasteiger partial charge in [0, 0.05) is 51.4 Å². The van der Waals surface area contributed by atoms with Gasteiger partial charge in [-0.2, -0.15) is 0 Å². The molecule has 0 aliphatic carbocycles. The summed E-state index contributed by atoms with van der Waals surface area (Å²) in [6, 6.07) is 7.85. The molecule has 2 unspecified atom stereocenters. The zero-order chi connectivity index (χ0) is 15.4. The molecule has 2 aliphatic heterocycles. The van der Waals surface area contributed by atoms with Gasteiger partial charge >= 0.3 is 0 Å². The summed E-state index contributed by atoms with van der Waals surface area (Å²) < 4.78 is 18.7. The third-order valence-electron chi connectivity index (χ3n) is 4.63. The second kappa shape index (κ2) is 7.51. The molecule has 0 radical (unpaired) electrons. The molecular formula is C17H26FN3O. The van der Waals surface area contributed by atoms with Crippen LogP contribution in [-0.4, -0.2) is 68.3 Å². The van der Waals surface area contributed by atoms with Gasteiger partial charge in [0.25, 0.3) is 0 Å². The van der Waals surface area contributed by atoms with E-state index in [9.17, 15) is 4.39 Å². The van der Waals surface area contributed by atoms with Crippen molar-refractivity contribution >= 4 is 0 Å². The second-order valence-electron chi connectivity index (χ2n) is 6.33. The Morgan fingerprint density at radius 2 is 1.95 bits per heavy atom. The van der Waals surface area contributed by atoms with Crippen molar-refractivity contribution in [2.75, 3.05) is 52.5 Å². The number of piperazine rings is 1. The van der Waals surface area contributed by atoms with E-state index in [-0.39, 0.29) is 5.82 Å². The van der Waals surface area contributed by atoms with Crippen LogP contribution in [0.15, 0.2) is 24.3 Å². The molecular weight excluding hydrogens is 281 g/mol. The first kappa shape index (κ1) is 15.9. The van der Waals surface area contributed by atoms with E-state index in [4.69, 9.17) is 4.74 Å². The number of benzene rings is 1. The maximum atomic E-state index is 13.3. The number of ether oxygens (including phenoxy) is 1. The molecule has 5 heteroatoms. The normalized spacial score (nSPS) is 26.0. The highest BCUT2D eigenvalue weighted by Gasteiger charge is 2.27. The largest absolute Gasteiger partial charge is 0.379 e. The van der Waals surface area contributed by atoms with Crippen molar-refractivity contribution < 1.29 is 9.13 Å². The first-order valence-corrected chi connectivity index (χ1v) is 8.25. The number of nitrogens with one attached hydrogen (secondary N) is 1. The molecule has 2 aliphatic rings. The lowest BCUT2D eigenvalue weighted by Crippen LogP contribution is -2.52. The minimum atomic E-state index is -0.164. The van der Waals surface area contributed by atoms with E-state index in [0.29, 0.717) is 12.1 Å². The average Bonchev–Trinajstić information content (AvgIpc) is 2.55. The molecule has 22 heavy (non-hydrogen) atoms. The second-order valence-corrected chi connectivity index (χ2v) is 6.33. The van der Waals surface area contributed by atoms with Gasteiger partial charge in [0.05, 0.1) is 13.2 Å². The Labute approximate surface area is 132 Å². The Kier molecular flexibility index (Phi) is 5.41. The summed E-state index contributed by atoms with van der Waals surface area (Å²) in [7, 11) is 0. The lowest BCUT2D eigenvalue weighted by Gasteiger charge is -2.41. The number of morpholine rings is 1. The summed E-state index contributed by atoms with van der Waals surface area (Å²) in [5, 5.41) is 3.50. The summed E-state index contributed by atoms with van der Waals surface area (Å²) >= 11 is 0. The third-order valence-corrected chi connectivity index (χ3v) is 4.63. The van der Waals surface area contributed by atoms with Gasteiger partial charge in [0.1, 0.15) is 5.82 Å². The smallest absolute Gasteiger partial charge is 0.123 e. The Morgan fingerprint density at radius 3 is 2.64 bits per heavy atom. The standard InChI is InChI=1S/C17H26FN3O/c1-14-12-21(7-6-19-14)17(13-20-8-10-22-11-9-20)15-2-4-16(18)5-3-15/h2-5,14,17,19H,6-13H2,1H3. The van der Waals surface area contributed by atoms with Gasteiger partial charge in [0.15, 0.2) is 0 Å². The van der Waals surface area contributed by atoms with Crippen molar-refractivity contribution in [3.63, 3.8) is 0 Å². The molecule has 0 saturated carbocycles. The minimum Gasteiger partial charge on any atom is -0.379 e. The maximum Gasteiger partial charge on any atom is 0.123 e. The van der Waals surface area contributed by atoms with Gasteiger partial charge in [-0.3, -0.25) is 9.80 Å². The van der Waals surface area contributed by atoms with Gasteiger partial charge < -0.3 is 10.1 Å². The number of halogens is 1. The highest BCUT2D eigenvalue weighted by molar-refractivity contribution is 5.21. The van der Waals surface area contributed by atoms with E-state index in [1.807, 2.05) is 12.1 Å². The van der Waals surface area contributed by atoms with Crippen LogP contribution in [0.4, 0.5) is 4.39 Å². The first-order valence-electron chi connectivity index (χ1n) is 8.25. The van der Waals surface area contributed by atoms with Gasteiger partial charge in [-0.25, -0.2) is 4.39 Å². The monoisotopic (exact) mass is 307 g/mol. The van der Waals surface area contributed by atoms with Crippen molar-refractivity contribution in [1.82, 2.24) is 15.1 Å². The molecule has 3 rings (SSSR count). The predicted molar refractivity (Wildman–Crippen MR) is 85.4 cm³/mol. The third kappa shape index (κ3) is 4.04. The summed E-state index contributed by atoms with van der Waals surface area (Å²) in [6.45, 7) is 9.90. The zero-order valence-electron chi connectivity index (χ0n) is 13.3. The Morgan fingerprint density at radius 1 is 1.23 bits per heavy atom. The van der Waals surface area contributed by atoms with Crippen LogP contribution >= 0.6 is 0 Å². The summed E-state index contributed by atoms with van der Waals surface area (Å²) in [5.41, 5.74) is 1.21. The van der Waals surface area contributed by atoms with Crippen molar-refractivity contribution in [2.24, 2.45) is 0 Å². The van der Waals surface area contributed by atoms with Gasteiger partial charge in [0.2, 0.25) is 0 Å². The molecule has 0 bridgehead atoms. The molecule has 1 aromatic rings. The first-order chi connectivity index (χ1) is 10.7. The summed E-state index contributed by atoms with van der Waals surface area (Å²) in [6.07, 6.45) is 0. The average molecular weight is 307 g/mol. The molecule has 2 heterocycles. The fourth-order valence-corrected chi connectivity index (χ4v) is 3.39. The van der Waals surface area contributed by atoms with Crippen molar-refractivity contribution in [3.05, 3.63) is 35.6 Å². The number of rotatable bonds is 4. The number of hydrogen-bond donors (Lipinski definition) is 1. The van der Waals surface area contributed by atoms with E-state index in [2.05, 4.69) is 22.0 Å². The Bertz CT molecular complexity index is 461. The van der Waals surface area contributed by atoms with E-state index < -0.39 is 0 Å². The van der Waals surface area contributed by atoms with Crippen LogP contribution in [0.1, 0.15) is 18.5 Å². The molecule has 0 spiro atoms. The van der Waals surface area contributed by atoms with Crippen LogP contribution in [0.2, 0.25) is 0 Å². The topological polar surface area (TPSA) is 27.7 Å². The van der Waals surface area contributed by atoms with Crippen LogP contribution in [0.25, 0.3) is 0 Å². The van der Waals surface area contributed by atoms with Crippen LogP contribution < -0.4 is 5.32 Å². The molecule has 0 amide bonds. The lowest BCUT2D eigenvalue weighted by atomic mass is 10.0. The van der Waals surface area contributed by atoms with Crippen LogP contribution in [-0.2, 0) is 4.74 Å². The lowest BCUT2D eigenvalue weighted by molar-refractivity contribution is 0.0187. The Hall–Kier alpha value is -1.01. The predicted octanol–water partition coefficient (Wildman–Crippen LogP) is 1.49. The van der Waals surface area contributed by atoms with Gasteiger partial charge in [-0.15, -0.1) is 0 Å². The molecule has 0 aromatic heterocycles. The van der Waals surface area contributed by atoms with E-state index >= 15 is 0 Å². The molecule has 2 saturated heterocycles. The van der Waals surface area contributed by atoms with Gasteiger partial charge in [-0.1, -0.05) is 12.1 Å². The SMILES string of the molecule is CC1CN(C(CN2CCOCC2)c2ccc(F)cc2)CCN1. The van der Waals surface area contributed by atoms with Gasteiger partial charge in [-0.05, 0) is 24.6 Å². The maximum absolute atomic E-state index is 13.3. The van der Waals surface area contributed by atoms with E-state index in [1.165, 1.54) is 5.56 Å². The van der Waals surface area contributed by atoms with Crippen LogP contribution in [0, 0.1) is 5.82 Å². The van der Waals surface area contributed by atoms with Crippen LogP contribution in [0.3, 0.4) is 0 Å². The molecule has 2 fully saturated rings. The van der Waals surface area contributed by atoms with E-state index in [0.717, 1.165) is 52.5 Å². The van der Waals surface area contributed by atoms with Crippen molar-refractivity contribution in [1.29, 1.82) is 0 Å². The molecule has 2 atom stereocenters. The molecule has 4 nitrogen and oxygen atoms in total. The van der Waals surface area contributed by atoms with Crippen molar-refractivity contribution in [2.45, 2.75) is 19.0 Å². The summed E-state index contributed by atoms with van der Waals surface area (Å²) in [4.78, 5) is 4.99.